The number of rotatable bonds is 3. The highest BCUT2D eigenvalue weighted by Crippen LogP contribution is 2.42. The zero-order valence-electron chi connectivity index (χ0n) is 11.1. The minimum Gasteiger partial charge on any atom is -0.395 e. The molecule has 3 rings (SSSR count). The Hall–Kier alpha value is -2.37. The predicted molar refractivity (Wildman–Crippen MR) is 71.1 cm³/mol. The zero-order valence-corrected chi connectivity index (χ0v) is 11.1. The van der Waals surface area contributed by atoms with E-state index >= 15 is 0 Å². The summed E-state index contributed by atoms with van der Waals surface area (Å²) in [4.78, 5) is 0. The molecule has 0 unspecified atom stereocenters. The molecule has 0 saturated carbocycles. The van der Waals surface area contributed by atoms with Crippen molar-refractivity contribution >= 4 is 5.69 Å². The molecule has 0 aliphatic carbocycles. The van der Waals surface area contributed by atoms with Gasteiger partial charge < -0.3 is 14.8 Å². The molecule has 0 amide bonds. The maximum absolute atomic E-state index is 13.2. The van der Waals surface area contributed by atoms with Crippen LogP contribution in [0.5, 0.6) is 11.5 Å². The van der Waals surface area contributed by atoms with E-state index in [0.717, 1.165) is 11.1 Å². The van der Waals surface area contributed by atoms with Crippen LogP contribution in [0.25, 0.3) is 0 Å². The third kappa shape index (κ3) is 2.89. The number of hydrogen-bond acceptors (Lipinski definition) is 3. The molecule has 2 aromatic rings. The molecule has 6 heteroatoms. The van der Waals surface area contributed by atoms with Gasteiger partial charge in [0.1, 0.15) is 5.82 Å². The van der Waals surface area contributed by atoms with Gasteiger partial charge in [-0.1, -0.05) is 6.07 Å². The minimum absolute atomic E-state index is 0.00696. The number of halogens is 3. The van der Waals surface area contributed by atoms with Crippen molar-refractivity contribution < 1.29 is 22.6 Å². The van der Waals surface area contributed by atoms with Crippen LogP contribution >= 0.6 is 0 Å². The van der Waals surface area contributed by atoms with Crippen LogP contribution in [-0.4, -0.2) is 6.29 Å². The van der Waals surface area contributed by atoms with Crippen LogP contribution in [0.1, 0.15) is 11.1 Å². The van der Waals surface area contributed by atoms with E-state index < -0.39 is 6.29 Å². The Kier molecular flexibility index (Phi) is 3.16. The lowest BCUT2D eigenvalue weighted by molar-refractivity contribution is -0.286. The van der Waals surface area contributed by atoms with Crippen molar-refractivity contribution in [3.8, 4) is 11.5 Å². The maximum atomic E-state index is 13.2. The smallest absolute Gasteiger partial charge is 0.395 e. The number of fused-ring (bicyclic) bond motifs is 1. The normalized spacial score (nSPS) is 15.0. The molecule has 0 aromatic heterocycles. The molecule has 0 bridgehead atoms. The first-order chi connectivity index (χ1) is 9.93. The molecular formula is C15H12F3NO2. The van der Waals surface area contributed by atoms with Crippen molar-refractivity contribution in [2.24, 2.45) is 0 Å². The second-order valence-electron chi connectivity index (χ2n) is 4.75. The molecule has 1 N–H and O–H groups in total. The summed E-state index contributed by atoms with van der Waals surface area (Å²) in [6.45, 7) is 2.25. The number of anilines is 1. The Morgan fingerprint density at radius 2 is 1.81 bits per heavy atom. The Labute approximate surface area is 119 Å². The Morgan fingerprint density at radius 3 is 2.62 bits per heavy atom. The minimum atomic E-state index is -3.62. The van der Waals surface area contributed by atoms with Crippen molar-refractivity contribution in [2.45, 2.75) is 19.8 Å². The van der Waals surface area contributed by atoms with E-state index in [1.165, 1.54) is 24.3 Å². The van der Waals surface area contributed by atoms with E-state index in [4.69, 9.17) is 0 Å². The van der Waals surface area contributed by atoms with Crippen LogP contribution in [0.15, 0.2) is 36.4 Å². The average Bonchev–Trinajstić information content (AvgIpc) is 2.72. The van der Waals surface area contributed by atoms with Gasteiger partial charge in [0, 0.05) is 18.3 Å². The highest BCUT2D eigenvalue weighted by atomic mass is 19.3. The lowest BCUT2D eigenvalue weighted by atomic mass is 10.1. The fourth-order valence-corrected chi connectivity index (χ4v) is 2.09. The Balaban J connectivity index is 1.74. The van der Waals surface area contributed by atoms with Crippen molar-refractivity contribution in [1.82, 2.24) is 0 Å². The molecule has 110 valence electrons. The van der Waals surface area contributed by atoms with Gasteiger partial charge in [0.15, 0.2) is 11.5 Å². The first-order valence-corrected chi connectivity index (χ1v) is 6.32. The number of hydrogen-bond donors (Lipinski definition) is 1. The summed E-state index contributed by atoms with van der Waals surface area (Å²) in [6.07, 6.45) is -3.62. The van der Waals surface area contributed by atoms with E-state index in [9.17, 15) is 13.2 Å². The summed E-state index contributed by atoms with van der Waals surface area (Å²) in [7, 11) is 0. The topological polar surface area (TPSA) is 30.5 Å². The van der Waals surface area contributed by atoms with Crippen molar-refractivity contribution in [1.29, 1.82) is 0 Å². The summed E-state index contributed by atoms with van der Waals surface area (Å²) >= 11 is 0. The van der Waals surface area contributed by atoms with Gasteiger partial charge >= 0.3 is 6.29 Å². The summed E-state index contributed by atoms with van der Waals surface area (Å²) in [5.74, 6) is -0.351. The van der Waals surface area contributed by atoms with Gasteiger partial charge in [-0.2, -0.15) is 0 Å². The van der Waals surface area contributed by atoms with Crippen LogP contribution in [0, 0.1) is 12.7 Å². The van der Waals surface area contributed by atoms with Gasteiger partial charge in [-0.25, -0.2) is 4.39 Å². The van der Waals surface area contributed by atoms with Crippen molar-refractivity contribution in [3.05, 3.63) is 53.3 Å². The first-order valence-electron chi connectivity index (χ1n) is 6.32. The number of alkyl halides is 2. The maximum Gasteiger partial charge on any atom is 0.586 e. The SMILES string of the molecule is Cc1ccc(F)cc1CNc1ccc2c(c1)OC(F)(F)O2. The summed E-state index contributed by atoms with van der Waals surface area (Å²) in [6, 6.07) is 8.93. The number of nitrogens with one attached hydrogen (secondary N) is 1. The lowest BCUT2D eigenvalue weighted by Crippen LogP contribution is -2.25. The molecule has 1 aliphatic rings. The Morgan fingerprint density at radius 1 is 1.05 bits per heavy atom. The Bertz CT molecular complexity index is 689. The standard InChI is InChI=1S/C15H12F3NO2/c1-9-2-3-11(16)6-10(9)8-19-12-4-5-13-14(7-12)21-15(17,18)20-13/h2-7,19H,8H2,1H3. The summed E-state index contributed by atoms with van der Waals surface area (Å²) in [5.41, 5.74) is 2.31. The molecular weight excluding hydrogens is 283 g/mol. The van der Waals surface area contributed by atoms with E-state index in [2.05, 4.69) is 14.8 Å². The average molecular weight is 295 g/mol. The number of benzene rings is 2. The molecule has 0 radical (unpaired) electrons. The third-order valence-electron chi connectivity index (χ3n) is 3.20. The van der Waals surface area contributed by atoms with E-state index in [1.54, 1.807) is 12.1 Å². The van der Waals surface area contributed by atoms with Crippen molar-refractivity contribution in [2.75, 3.05) is 5.32 Å². The molecule has 1 heterocycles. The van der Waals surface area contributed by atoms with E-state index in [0.29, 0.717) is 12.2 Å². The largest absolute Gasteiger partial charge is 0.586 e. The number of ether oxygens (including phenoxy) is 2. The summed E-state index contributed by atoms with van der Waals surface area (Å²) in [5, 5.41) is 3.04. The second-order valence-corrected chi connectivity index (χ2v) is 4.75. The van der Waals surface area contributed by atoms with E-state index in [1.807, 2.05) is 6.92 Å². The highest BCUT2D eigenvalue weighted by molar-refractivity contribution is 5.56. The lowest BCUT2D eigenvalue weighted by Gasteiger charge is -2.09. The van der Waals surface area contributed by atoms with Gasteiger partial charge in [-0.15, -0.1) is 8.78 Å². The van der Waals surface area contributed by atoms with Crippen LogP contribution in [-0.2, 0) is 6.54 Å². The fourth-order valence-electron chi connectivity index (χ4n) is 2.09. The highest BCUT2D eigenvalue weighted by Gasteiger charge is 2.43. The molecule has 1 aliphatic heterocycles. The van der Waals surface area contributed by atoms with Crippen molar-refractivity contribution in [3.63, 3.8) is 0 Å². The molecule has 2 aromatic carbocycles. The fraction of sp³-hybridized carbons (Fsp3) is 0.200. The quantitative estimate of drug-likeness (QED) is 0.926. The second kappa shape index (κ2) is 4.87. The molecule has 0 saturated heterocycles. The van der Waals surface area contributed by atoms with Crippen LogP contribution in [0.3, 0.4) is 0 Å². The van der Waals surface area contributed by atoms with Gasteiger partial charge in [0.25, 0.3) is 0 Å². The molecule has 0 atom stereocenters. The molecule has 0 spiro atoms. The van der Waals surface area contributed by atoms with Gasteiger partial charge in [0.05, 0.1) is 0 Å². The molecule has 21 heavy (non-hydrogen) atoms. The monoisotopic (exact) mass is 295 g/mol. The zero-order chi connectivity index (χ0) is 15.0. The van der Waals surface area contributed by atoms with Crippen LogP contribution in [0.4, 0.5) is 18.9 Å². The first kappa shape index (κ1) is 13.6. The van der Waals surface area contributed by atoms with Crippen LogP contribution < -0.4 is 14.8 Å². The molecule has 0 fully saturated rings. The van der Waals surface area contributed by atoms with E-state index in [-0.39, 0.29) is 17.3 Å². The molecule has 3 nitrogen and oxygen atoms in total. The summed E-state index contributed by atoms with van der Waals surface area (Å²) < 4.78 is 47.7. The van der Waals surface area contributed by atoms with Gasteiger partial charge in [-0.05, 0) is 42.3 Å². The number of aryl methyl sites for hydroxylation is 1. The van der Waals surface area contributed by atoms with Gasteiger partial charge in [-0.3, -0.25) is 0 Å². The van der Waals surface area contributed by atoms with Crippen LogP contribution in [0.2, 0.25) is 0 Å². The third-order valence-corrected chi connectivity index (χ3v) is 3.20. The predicted octanol–water partition coefficient (Wildman–Crippen LogP) is 4.07. The van der Waals surface area contributed by atoms with Gasteiger partial charge in [0.2, 0.25) is 0 Å².